The first-order valence-electron chi connectivity index (χ1n) is 6.16. The van der Waals surface area contributed by atoms with Gasteiger partial charge in [0, 0.05) is 49.0 Å². The summed E-state index contributed by atoms with van der Waals surface area (Å²) in [6, 6.07) is 2.00. The van der Waals surface area contributed by atoms with Crippen molar-refractivity contribution in [3.8, 4) is 0 Å². The van der Waals surface area contributed by atoms with Crippen LogP contribution >= 0.6 is 15.9 Å². The van der Waals surface area contributed by atoms with Crippen LogP contribution in [0.5, 0.6) is 0 Å². The van der Waals surface area contributed by atoms with Gasteiger partial charge in [-0.1, -0.05) is 0 Å². The number of rotatable bonds is 5. The van der Waals surface area contributed by atoms with Gasteiger partial charge in [0.15, 0.2) is 0 Å². The maximum absolute atomic E-state index is 5.82. The topological polar surface area (TPSA) is 63.4 Å². The second-order valence-corrected chi connectivity index (χ2v) is 5.24. The number of morpholine rings is 1. The molecule has 3 N–H and O–H groups in total. The predicted molar refractivity (Wildman–Crippen MR) is 75.3 cm³/mol. The molecule has 1 aromatic rings. The molecule has 6 heteroatoms. The van der Waals surface area contributed by atoms with Gasteiger partial charge in [0.2, 0.25) is 0 Å². The van der Waals surface area contributed by atoms with Crippen LogP contribution in [0.3, 0.4) is 0 Å². The Balaban J connectivity index is 1.69. The molecule has 0 saturated carbocycles. The molecule has 1 fully saturated rings. The largest absolute Gasteiger partial charge is 0.383 e. The van der Waals surface area contributed by atoms with Crippen LogP contribution in [0.25, 0.3) is 0 Å². The molecule has 1 aliphatic rings. The molecule has 1 saturated heterocycles. The fourth-order valence-corrected chi connectivity index (χ4v) is 2.30. The summed E-state index contributed by atoms with van der Waals surface area (Å²) >= 11 is 3.40. The third-order valence-corrected chi connectivity index (χ3v) is 3.43. The zero-order valence-corrected chi connectivity index (χ0v) is 11.9. The highest BCUT2D eigenvalue weighted by Crippen LogP contribution is 2.14. The smallest absolute Gasteiger partial charge is 0.127 e. The van der Waals surface area contributed by atoms with Crippen molar-refractivity contribution in [1.29, 1.82) is 0 Å². The summed E-state index contributed by atoms with van der Waals surface area (Å²) in [4.78, 5) is 6.51. The average Bonchev–Trinajstić information content (AvgIpc) is 2.40. The lowest BCUT2D eigenvalue weighted by molar-refractivity contribution is 0.0384. The maximum atomic E-state index is 5.82. The van der Waals surface area contributed by atoms with E-state index in [9.17, 15) is 0 Å². The summed E-state index contributed by atoms with van der Waals surface area (Å²) in [6.45, 7) is 6.51. The SMILES string of the molecule is Nc1ncc(Br)cc1CNCCN1CCOCC1. The fraction of sp³-hybridized carbons (Fsp3) is 0.583. The monoisotopic (exact) mass is 314 g/mol. The zero-order chi connectivity index (χ0) is 12.8. The standard InChI is InChI=1S/C12H19BrN4O/c13-11-7-10(12(14)16-9-11)8-15-1-2-17-3-5-18-6-4-17/h7,9,15H,1-6,8H2,(H2,14,16). The van der Waals surface area contributed by atoms with Gasteiger partial charge in [0.1, 0.15) is 5.82 Å². The van der Waals surface area contributed by atoms with Crippen molar-refractivity contribution in [3.05, 3.63) is 22.3 Å². The number of ether oxygens (including phenoxy) is 1. The summed E-state index contributed by atoms with van der Waals surface area (Å²) in [5.41, 5.74) is 6.85. The molecule has 0 radical (unpaired) electrons. The summed E-state index contributed by atoms with van der Waals surface area (Å²) < 4.78 is 6.27. The number of hydrogen-bond acceptors (Lipinski definition) is 5. The van der Waals surface area contributed by atoms with Gasteiger partial charge in [-0.2, -0.15) is 0 Å². The number of nitrogens with two attached hydrogens (primary N) is 1. The molecule has 0 atom stereocenters. The van der Waals surface area contributed by atoms with E-state index in [0.29, 0.717) is 5.82 Å². The number of nitrogens with zero attached hydrogens (tertiary/aromatic N) is 2. The molecule has 0 aliphatic carbocycles. The Morgan fingerprint density at radius 1 is 1.44 bits per heavy atom. The number of anilines is 1. The third kappa shape index (κ3) is 4.20. The maximum Gasteiger partial charge on any atom is 0.127 e. The Hall–Kier alpha value is -0.690. The second kappa shape index (κ2) is 7.04. The van der Waals surface area contributed by atoms with Crippen LogP contribution in [0.4, 0.5) is 5.82 Å². The molecule has 0 aromatic carbocycles. The normalized spacial score (nSPS) is 16.9. The first-order valence-corrected chi connectivity index (χ1v) is 6.96. The molecule has 0 amide bonds. The van der Waals surface area contributed by atoms with Crippen molar-refractivity contribution in [3.63, 3.8) is 0 Å². The van der Waals surface area contributed by atoms with Crippen LogP contribution in [0.15, 0.2) is 16.7 Å². The minimum absolute atomic E-state index is 0.595. The Kier molecular flexibility index (Phi) is 5.37. The molecule has 18 heavy (non-hydrogen) atoms. The minimum Gasteiger partial charge on any atom is -0.383 e. The van der Waals surface area contributed by atoms with Crippen LogP contribution in [0, 0.1) is 0 Å². The molecule has 0 unspecified atom stereocenters. The number of aromatic nitrogens is 1. The van der Waals surface area contributed by atoms with Gasteiger partial charge in [0.05, 0.1) is 13.2 Å². The second-order valence-electron chi connectivity index (χ2n) is 4.33. The number of pyridine rings is 1. The lowest BCUT2D eigenvalue weighted by Crippen LogP contribution is -2.40. The van der Waals surface area contributed by atoms with Crippen LogP contribution < -0.4 is 11.1 Å². The fourth-order valence-electron chi connectivity index (χ4n) is 1.92. The molecule has 0 spiro atoms. The van der Waals surface area contributed by atoms with Gasteiger partial charge in [-0.3, -0.25) is 4.90 Å². The van der Waals surface area contributed by atoms with Gasteiger partial charge in [-0.25, -0.2) is 4.98 Å². The van der Waals surface area contributed by atoms with E-state index in [0.717, 1.165) is 56.0 Å². The van der Waals surface area contributed by atoms with Crippen LogP contribution in [0.1, 0.15) is 5.56 Å². The molecule has 0 bridgehead atoms. The number of nitrogens with one attached hydrogen (secondary N) is 1. The molecular weight excluding hydrogens is 296 g/mol. The van der Waals surface area contributed by atoms with E-state index in [2.05, 4.69) is 31.1 Å². The average molecular weight is 315 g/mol. The summed E-state index contributed by atoms with van der Waals surface area (Å²) in [7, 11) is 0. The van der Waals surface area contributed by atoms with Gasteiger partial charge in [-0.05, 0) is 22.0 Å². The first kappa shape index (κ1) is 13.7. The van der Waals surface area contributed by atoms with Crippen LogP contribution in [0.2, 0.25) is 0 Å². The van der Waals surface area contributed by atoms with Gasteiger partial charge >= 0.3 is 0 Å². The Morgan fingerprint density at radius 2 is 2.22 bits per heavy atom. The van der Waals surface area contributed by atoms with E-state index in [4.69, 9.17) is 10.5 Å². The van der Waals surface area contributed by atoms with Crippen molar-refractivity contribution in [2.24, 2.45) is 0 Å². The van der Waals surface area contributed by atoms with Crippen molar-refractivity contribution >= 4 is 21.7 Å². The highest BCUT2D eigenvalue weighted by molar-refractivity contribution is 9.10. The van der Waals surface area contributed by atoms with E-state index < -0.39 is 0 Å². The van der Waals surface area contributed by atoms with Gasteiger partial charge in [-0.15, -0.1) is 0 Å². The number of halogens is 1. The third-order valence-electron chi connectivity index (χ3n) is 2.99. The Labute approximate surface area is 116 Å². The van der Waals surface area contributed by atoms with Crippen LogP contribution in [-0.4, -0.2) is 49.3 Å². The highest BCUT2D eigenvalue weighted by Gasteiger charge is 2.09. The highest BCUT2D eigenvalue weighted by atomic mass is 79.9. The first-order chi connectivity index (χ1) is 8.75. The summed E-state index contributed by atoms with van der Waals surface area (Å²) in [5, 5.41) is 3.39. The quantitative estimate of drug-likeness (QED) is 0.789. The van der Waals surface area contributed by atoms with Crippen molar-refractivity contribution in [2.45, 2.75) is 6.54 Å². The molecule has 2 heterocycles. The lowest BCUT2D eigenvalue weighted by Gasteiger charge is -2.26. The van der Waals surface area contributed by atoms with Crippen molar-refractivity contribution in [2.75, 3.05) is 45.1 Å². The van der Waals surface area contributed by atoms with E-state index in [1.807, 2.05) is 6.07 Å². The lowest BCUT2D eigenvalue weighted by atomic mass is 10.2. The molecule has 2 rings (SSSR count). The summed E-state index contributed by atoms with van der Waals surface area (Å²) in [5.74, 6) is 0.595. The molecule has 5 nitrogen and oxygen atoms in total. The molecule has 1 aromatic heterocycles. The van der Waals surface area contributed by atoms with Gasteiger partial charge in [0.25, 0.3) is 0 Å². The number of hydrogen-bond donors (Lipinski definition) is 2. The summed E-state index contributed by atoms with van der Waals surface area (Å²) in [6.07, 6.45) is 1.71. The van der Waals surface area contributed by atoms with E-state index in [1.165, 1.54) is 0 Å². The minimum atomic E-state index is 0.595. The Morgan fingerprint density at radius 3 is 3.00 bits per heavy atom. The van der Waals surface area contributed by atoms with Crippen molar-refractivity contribution < 1.29 is 4.74 Å². The van der Waals surface area contributed by atoms with Gasteiger partial charge < -0.3 is 15.8 Å². The van der Waals surface area contributed by atoms with Crippen LogP contribution in [-0.2, 0) is 11.3 Å². The van der Waals surface area contributed by atoms with E-state index >= 15 is 0 Å². The predicted octanol–water partition coefficient (Wildman–Crippen LogP) is 0.848. The Bertz CT molecular complexity index is 382. The van der Waals surface area contributed by atoms with E-state index in [-0.39, 0.29) is 0 Å². The van der Waals surface area contributed by atoms with Crippen molar-refractivity contribution in [1.82, 2.24) is 15.2 Å². The molecule has 100 valence electrons. The molecule has 1 aliphatic heterocycles. The van der Waals surface area contributed by atoms with E-state index in [1.54, 1.807) is 6.20 Å². The molecular formula is C12H19BrN4O. The number of nitrogen functional groups attached to an aromatic ring is 1. The zero-order valence-electron chi connectivity index (χ0n) is 10.4.